The average Bonchev–Trinajstić information content (AvgIpc) is 2.40. The van der Waals surface area contributed by atoms with Crippen molar-refractivity contribution >= 4 is 15.9 Å². The fraction of sp³-hybridized carbons (Fsp3) is 1.00. The number of hydrogen-bond donors (Lipinski definition) is 0. The predicted octanol–water partition coefficient (Wildman–Crippen LogP) is 2.46. The molecular formula is C8H16BrN. The predicted molar refractivity (Wildman–Crippen MR) is 48.4 cm³/mol. The van der Waals surface area contributed by atoms with Gasteiger partial charge >= 0.3 is 0 Å². The summed E-state index contributed by atoms with van der Waals surface area (Å²) in [5, 5.41) is 0. The van der Waals surface area contributed by atoms with Crippen molar-refractivity contribution in [1.82, 2.24) is 4.90 Å². The Morgan fingerprint density at radius 3 is 2.50 bits per heavy atom. The van der Waals surface area contributed by atoms with Crippen molar-refractivity contribution in [3.8, 4) is 0 Å². The zero-order valence-electron chi connectivity index (χ0n) is 6.65. The molecule has 60 valence electrons. The number of halogens is 1. The van der Waals surface area contributed by atoms with Gasteiger partial charge in [-0.2, -0.15) is 0 Å². The first-order valence-corrected chi connectivity index (χ1v) is 5.19. The molecular weight excluding hydrogens is 190 g/mol. The van der Waals surface area contributed by atoms with E-state index in [0.29, 0.717) is 0 Å². The molecule has 0 aromatic heterocycles. The highest BCUT2D eigenvalue weighted by Crippen LogP contribution is 2.25. The Morgan fingerprint density at radius 1 is 1.40 bits per heavy atom. The van der Waals surface area contributed by atoms with Crippen LogP contribution in [-0.2, 0) is 0 Å². The van der Waals surface area contributed by atoms with Gasteiger partial charge in [-0.15, -0.1) is 0 Å². The lowest BCUT2D eigenvalue weighted by molar-refractivity contribution is 0.320. The summed E-state index contributed by atoms with van der Waals surface area (Å²) in [6.07, 6.45) is 5.83. The fourth-order valence-electron chi connectivity index (χ4n) is 1.68. The summed E-state index contributed by atoms with van der Waals surface area (Å²) in [7, 11) is 2.17. The number of nitrogens with zero attached hydrogens (tertiary/aromatic N) is 1. The van der Waals surface area contributed by atoms with Crippen molar-refractivity contribution < 1.29 is 0 Å². The molecule has 0 aliphatic heterocycles. The van der Waals surface area contributed by atoms with E-state index in [9.17, 15) is 0 Å². The maximum absolute atomic E-state index is 3.45. The van der Waals surface area contributed by atoms with Gasteiger partial charge in [0.15, 0.2) is 0 Å². The first-order valence-electron chi connectivity index (χ1n) is 4.07. The van der Waals surface area contributed by atoms with Crippen molar-refractivity contribution in [1.29, 1.82) is 0 Å². The van der Waals surface area contributed by atoms with Gasteiger partial charge < -0.3 is 0 Å². The smallest absolute Gasteiger partial charge is 0.0539 e. The van der Waals surface area contributed by atoms with Crippen molar-refractivity contribution in [2.75, 3.05) is 19.0 Å². The molecule has 0 bridgehead atoms. The average molecular weight is 206 g/mol. The summed E-state index contributed by atoms with van der Waals surface area (Å²) in [4.78, 5) is 2.34. The molecule has 0 saturated heterocycles. The van der Waals surface area contributed by atoms with Gasteiger partial charge in [0.1, 0.15) is 0 Å². The summed E-state index contributed by atoms with van der Waals surface area (Å²) < 4.78 is 0. The lowest BCUT2D eigenvalue weighted by Gasteiger charge is -2.17. The second-order valence-corrected chi connectivity index (χ2v) is 3.81. The fourth-order valence-corrected chi connectivity index (χ4v) is 1.89. The van der Waals surface area contributed by atoms with E-state index in [2.05, 4.69) is 27.9 Å². The summed E-state index contributed by atoms with van der Waals surface area (Å²) in [6, 6.07) is 0. The zero-order chi connectivity index (χ0) is 7.40. The summed E-state index contributed by atoms with van der Waals surface area (Å²) >= 11 is 3.45. The molecule has 0 aromatic rings. The van der Waals surface area contributed by atoms with Gasteiger partial charge in [-0.3, -0.25) is 4.90 Å². The van der Waals surface area contributed by atoms with E-state index in [1.807, 2.05) is 0 Å². The Labute approximate surface area is 71.9 Å². The van der Waals surface area contributed by atoms with E-state index in [1.54, 1.807) is 0 Å². The van der Waals surface area contributed by atoms with Crippen molar-refractivity contribution in [3.05, 3.63) is 0 Å². The molecule has 0 N–H and O–H groups in total. The second kappa shape index (κ2) is 4.35. The van der Waals surface area contributed by atoms with E-state index in [1.165, 1.54) is 32.2 Å². The van der Waals surface area contributed by atoms with Crippen LogP contribution >= 0.6 is 15.9 Å². The quantitative estimate of drug-likeness (QED) is 0.506. The lowest BCUT2D eigenvalue weighted by atomic mass is 10.1. The maximum atomic E-state index is 3.45. The maximum Gasteiger partial charge on any atom is 0.0539 e. The molecule has 0 aromatic carbocycles. The van der Waals surface area contributed by atoms with Crippen molar-refractivity contribution in [2.24, 2.45) is 5.92 Å². The highest BCUT2D eigenvalue weighted by atomic mass is 79.9. The molecule has 0 amide bonds. The highest BCUT2D eigenvalue weighted by molar-refractivity contribution is 9.09. The van der Waals surface area contributed by atoms with Gasteiger partial charge in [0.25, 0.3) is 0 Å². The summed E-state index contributed by atoms with van der Waals surface area (Å²) in [5.41, 5.74) is 1.02. The van der Waals surface area contributed by atoms with Crippen LogP contribution in [0, 0.1) is 5.92 Å². The molecule has 0 spiro atoms. The van der Waals surface area contributed by atoms with Gasteiger partial charge in [0, 0.05) is 6.54 Å². The molecule has 1 fully saturated rings. The van der Waals surface area contributed by atoms with Crippen molar-refractivity contribution in [3.63, 3.8) is 0 Å². The molecule has 1 aliphatic rings. The molecule has 1 rings (SSSR count). The Bertz CT molecular complexity index is 89.3. The van der Waals surface area contributed by atoms with E-state index in [4.69, 9.17) is 0 Å². The first kappa shape index (κ1) is 8.54. The Kier molecular flexibility index (Phi) is 3.71. The first-order chi connectivity index (χ1) is 4.83. The molecule has 0 unspecified atom stereocenters. The number of rotatable bonds is 3. The minimum Gasteiger partial charge on any atom is -0.296 e. The van der Waals surface area contributed by atoms with Gasteiger partial charge in [0.2, 0.25) is 0 Å². The Balaban J connectivity index is 2.11. The normalized spacial score (nSPS) is 20.7. The summed E-state index contributed by atoms with van der Waals surface area (Å²) in [6.45, 7) is 1.28. The van der Waals surface area contributed by atoms with Gasteiger partial charge in [-0.1, -0.05) is 28.8 Å². The van der Waals surface area contributed by atoms with Crippen LogP contribution in [-0.4, -0.2) is 23.9 Å². The molecule has 10 heavy (non-hydrogen) atoms. The standard InChI is InChI=1S/C8H16BrN/c1-10(7-9)6-8-4-2-3-5-8/h8H,2-7H2,1H3. The third-order valence-electron chi connectivity index (χ3n) is 2.25. The van der Waals surface area contributed by atoms with Gasteiger partial charge in [-0.05, 0) is 25.8 Å². The largest absolute Gasteiger partial charge is 0.296 e. The molecule has 2 heteroatoms. The monoisotopic (exact) mass is 205 g/mol. The van der Waals surface area contributed by atoms with Crippen LogP contribution < -0.4 is 0 Å². The molecule has 1 saturated carbocycles. The van der Waals surface area contributed by atoms with E-state index < -0.39 is 0 Å². The minimum atomic E-state index is 0.988. The third kappa shape index (κ3) is 2.59. The zero-order valence-corrected chi connectivity index (χ0v) is 8.23. The molecule has 1 aliphatic carbocycles. The van der Waals surface area contributed by atoms with E-state index >= 15 is 0 Å². The third-order valence-corrected chi connectivity index (χ3v) is 3.10. The molecule has 0 radical (unpaired) electrons. The van der Waals surface area contributed by atoms with Crippen LogP contribution in [0.3, 0.4) is 0 Å². The highest BCUT2D eigenvalue weighted by Gasteiger charge is 2.15. The molecule has 0 atom stereocenters. The minimum absolute atomic E-state index is 0.988. The number of hydrogen-bond acceptors (Lipinski definition) is 1. The van der Waals surface area contributed by atoms with Crippen LogP contribution in [0.15, 0.2) is 0 Å². The van der Waals surface area contributed by atoms with Crippen LogP contribution in [0.2, 0.25) is 0 Å². The topological polar surface area (TPSA) is 3.24 Å². The summed E-state index contributed by atoms with van der Waals surface area (Å²) in [5.74, 6) is 0.988. The van der Waals surface area contributed by atoms with Crippen LogP contribution in [0.5, 0.6) is 0 Å². The number of alkyl halides is 1. The van der Waals surface area contributed by atoms with Crippen LogP contribution in [0.25, 0.3) is 0 Å². The van der Waals surface area contributed by atoms with Gasteiger partial charge in [0.05, 0.1) is 5.45 Å². The molecule has 0 heterocycles. The Morgan fingerprint density at radius 2 is 2.00 bits per heavy atom. The second-order valence-electron chi connectivity index (χ2n) is 3.31. The van der Waals surface area contributed by atoms with Gasteiger partial charge in [-0.25, -0.2) is 0 Å². The molecule has 1 nitrogen and oxygen atoms in total. The van der Waals surface area contributed by atoms with Crippen LogP contribution in [0.4, 0.5) is 0 Å². The van der Waals surface area contributed by atoms with Crippen molar-refractivity contribution in [2.45, 2.75) is 25.7 Å². The lowest BCUT2D eigenvalue weighted by Crippen LogP contribution is -2.22. The van der Waals surface area contributed by atoms with Crippen LogP contribution in [0.1, 0.15) is 25.7 Å². The van der Waals surface area contributed by atoms with E-state index in [0.717, 1.165) is 11.4 Å². The Hall–Kier alpha value is 0.440. The SMILES string of the molecule is CN(CBr)CC1CCCC1. The van der Waals surface area contributed by atoms with E-state index in [-0.39, 0.29) is 0 Å².